The molecule has 0 aromatic rings. The monoisotopic (exact) mass is 254 g/mol. The highest BCUT2D eigenvalue weighted by Gasteiger charge is 2.22. The number of allylic oxidation sites excluding steroid dienone is 3. The number of aliphatic hydroxyl groups is 2. The molecular weight excluding hydrogens is 228 g/mol. The molecule has 104 valence electrons. The molecule has 2 N–H and O–H groups in total. The third-order valence-corrected chi connectivity index (χ3v) is 2.90. The van der Waals surface area contributed by atoms with Crippen molar-refractivity contribution in [2.24, 2.45) is 0 Å². The van der Waals surface area contributed by atoms with Gasteiger partial charge < -0.3 is 10.2 Å². The van der Waals surface area contributed by atoms with Crippen LogP contribution in [0.4, 0.5) is 0 Å². The molecule has 0 atom stereocenters. The summed E-state index contributed by atoms with van der Waals surface area (Å²) in [7, 11) is 0. The van der Waals surface area contributed by atoms with Crippen LogP contribution in [-0.2, 0) is 4.79 Å². The first-order valence-electron chi connectivity index (χ1n) is 6.45. The molecule has 0 spiro atoms. The molecule has 0 rings (SSSR count). The number of carbonyl (C=O) groups is 1. The number of ketones is 1. The molecule has 3 heteroatoms. The van der Waals surface area contributed by atoms with Crippen LogP contribution in [-0.4, -0.2) is 28.2 Å². The molecule has 18 heavy (non-hydrogen) atoms. The van der Waals surface area contributed by atoms with Crippen LogP contribution in [0.5, 0.6) is 0 Å². The molecule has 0 aliphatic rings. The molecule has 0 saturated carbocycles. The minimum atomic E-state index is -1.22. The second-order valence-corrected chi connectivity index (χ2v) is 5.30. The van der Waals surface area contributed by atoms with Crippen molar-refractivity contribution < 1.29 is 15.0 Å². The predicted molar refractivity (Wildman–Crippen MR) is 74.4 cm³/mol. The van der Waals surface area contributed by atoms with Crippen LogP contribution in [0.2, 0.25) is 0 Å². The Morgan fingerprint density at radius 3 is 2.11 bits per heavy atom. The second kappa shape index (κ2) is 8.22. The largest absolute Gasteiger partial charge is 0.392 e. The van der Waals surface area contributed by atoms with E-state index in [2.05, 4.69) is 6.08 Å². The summed E-state index contributed by atoms with van der Waals surface area (Å²) in [5.74, 6) is -0.119. The number of hydrogen-bond acceptors (Lipinski definition) is 3. The van der Waals surface area contributed by atoms with Crippen molar-refractivity contribution in [1.82, 2.24) is 0 Å². The third-order valence-electron chi connectivity index (χ3n) is 2.90. The fourth-order valence-corrected chi connectivity index (χ4v) is 1.52. The molecule has 0 aliphatic heterocycles. The summed E-state index contributed by atoms with van der Waals surface area (Å²) >= 11 is 0. The van der Waals surface area contributed by atoms with Gasteiger partial charge in [-0.15, -0.1) is 0 Å². The van der Waals surface area contributed by atoms with Gasteiger partial charge in [0, 0.05) is 6.42 Å². The lowest BCUT2D eigenvalue weighted by molar-refractivity contribution is -0.134. The van der Waals surface area contributed by atoms with Gasteiger partial charge in [-0.1, -0.05) is 23.3 Å². The summed E-state index contributed by atoms with van der Waals surface area (Å²) in [6, 6.07) is 0. The molecule has 0 bridgehead atoms. The van der Waals surface area contributed by atoms with Crippen LogP contribution in [0.1, 0.15) is 53.4 Å². The number of hydrogen-bond donors (Lipinski definition) is 2. The van der Waals surface area contributed by atoms with E-state index in [1.807, 2.05) is 13.8 Å². The maximum atomic E-state index is 11.5. The highest BCUT2D eigenvalue weighted by Crippen LogP contribution is 2.13. The van der Waals surface area contributed by atoms with Crippen LogP contribution < -0.4 is 0 Å². The average Bonchev–Trinajstić information content (AvgIpc) is 2.24. The Morgan fingerprint density at radius 2 is 1.61 bits per heavy atom. The van der Waals surface area contributed by atoms with E-state index in [-0.39, 0.29) is 12.4 Å². The van der Waals surface area contributed by atoms with E-state index in [1.165, 1.54) is 25.0 Å². The molecule has 0 aromatic heterocycles. The highest BCUT2D eigenvalue weighted by molar-refractivity contribution is 5.86. The predicted octanol–water partition coefficient (Wildman–Crippen LogP) is 2.77. The molecule has 0 aromatic carbocycles. The molecule has 0 heterocycles. The van der Waals surface area contributed by atoms with Crippen molar-refractivity contribution in [3.8, 4) is 0 Å². The van der Waals surface area contributed by atoms with Gasteiger partial charge in [-0.05, 0) is 47.0 Å². The summed E-state index contributed by atoms with van der Waals surface area (Å²) in [6.07, 6.45) is 6.86. The zero-order valence-corrected chi connectivity index (χ0v) is 12.0. The van der Waals surface area contributed by atoms with Crippen LogP contribution in [0.25, 0.3) is 0 Å². The zero-order chi connectivity index (χ0) is 14.2. The summed E-state index contributed by atoms with van der Waals surface area (Å²) in [4.78, 5) is 11.5. The minimum absolute atomic E-state index is 0.0919. The van der Waals surface area contributed by atoms with Crippen LogP contribution in [0.3, 0.4) is 0 Å². The van der Waals surface area contributed by atoms with Gasteiger partial charge in [0.1, 0.15) is 5.60 Å². The molecule has 0 radical (unpaired) electrons. The summed E-state index contributed by atoms with van der Waals surface area (Å²) in [5, 5.41) is 18.2. The number of carbonyl (C=O) groups excluding carboxylic acids is 1. The maximum Gasteiger partial charge on any atom is 0.164 e. The van der Waals surface area contributed by atoms with Gasteiger partial charge in [0.25, 0.3) is 0 Å². The molecule has 0 fully saturated rings. The topological polar surface area (TPSA) is 57.5 Å². The minimum Gasteiger partial charge on any atom is -0.392 e. The van der Waals surface area contributed by atoms with E-state index in [4.69, 9.17) is 5.11 Å². The van der Waals surface area contributed by atoms with Crippen molar-refractivity contribution >= 4 is 5.78 Å². The van der Waals surface area contributed by atoms with Crippen LogP contribution in [0.15, 0.2) is 23.3 Å². The van der Waals surface area contributed by atoms with E-state index < -0.39 is 5.60 Å². The summed E-state index contributed by atoms with van der Waals surface area (Å²) < 4.78 is 0. The van der Waals surface area contributed by atoms with Crippen molar-refractivity contribution in [2.45, 2.75) is 59.0 Å². The first-order valence-corrected chi connectivity index (χ1v) is 6.45. The van der Waals surface area contributed by atoms with Gasteiger partial charge in [0.15, 0.2) is 5.78 Å². The highest BCUT2D eigenvalue weighted by atomic mass is 16.3. The molecular formula is C15H26O3. The lowest BCUT2D eigenvalue weighted by atomic mass is 9.97. The molecule has 3 nitrogen and oxygen atoms in total. The van der Waals surface area contributed by atoms with E-state index in [1.54, 1.807) is 6.08 Å². The van der Waals surface area contributed by atoms with Gasteiger partial charge >= 0.3 is 0 Å². The SMILES string of the molecule is C/C(=C\CO)CC/C=C(\C)CCC(=O)C(C)(C)O. The molecule has 0 unspecified atom stereocenters. The van der Waals surface area contributed by atoms with E-state index in [0.717, 1.165) is 12.8 Å². The summed E-state index contributed by atoms with van der Waals surface area (Å²) in [5.41, 5.74) is 1.12. The quantitative estimate of drug-likeness (QED) is 0.655. The van der Waals surface area contributed by atoms with E-state index in [0.29, 0.717) is 12.8 Å². The zero-order valence-electron chi connectivity index (χ0n) is 12.0. The van der Waals surface area contributed by atoms with Gasteiger partial charge in [0.05, 0.1) is 6.61 Å². The normalized spacial score (nSPS) is 13.9. The first kappa shape index (κ1) is 17.1. The Labute approximate surface area is 110 Å². The Kier molecular flexibility index (Phi) is 7.80. The Morgan fingerprint density at radius 1 is 1.06 bits per heavy atom. The van der Waals surface area contributed by atoms with Crippen molar-refractivity contribution in [3.05, 3.63) is 23.3 Å². The third kappa shape index (κ3) is 8.20. The fraction of sp³-hybridized carbons (Fsp3) is 0.667. The smallest absolute Gasteiger partial charge is 0.164 e. The van der Waals surface area contributed by atoms with E-state index >= 15 is 0 Å². The van der Waals surface area contributed by atoms with Crippen molar-refractivity contribution in [3.63, 3.8) is 0 Å². The number of aliphatic hydroxyl groups excluding tert-OH is 1. The van der Waals surface area contributed by atoms with Crippen LogP contribution >= 0.6 is 0 Å². The summed E-state index contributed by atoms with van der Waals surface area (Å²) in [6.45, 7) is 7.14. The Hall–Kier alpha value is -0.930. The lowest BCUT2D eigenvalue weighted by Gasteiger charge is -2.15. The van der Waals surface area contributed by atoms with E-state index in [9.17, 15) is 9.90 Å². The number of Topliss-reactive ketones (excluding diaryl/α,β-unsaturated/α-hetero) is 1. The second-order valence-electron chi connectivity index (χ2n) is 5.30. The lowest BCUT2D eigenvalue weighted by Crippen LogP contribution is -2.30. The Balaban J connectivity index is 4.00. The standard InChI is InChI=1S/C15H26O3/c1-12(6-5-7-13(2)10-11-16)8-9-14(17)15(3,4)18/h6,10,16,18H,5,7-9,11H2,1-4H3/b12-6+,13-10+. The van der Waals surface area contributed by atoms with Gasteiger partial charge in [0.2, 0.25) is 0 Å². The van der Waals surface area contributed by atoms with Gasteiger partial charge in [-0.25, -0.2) is 0 Å². The first-order chi connectivity index (χ1) is 8.27. The van der Waals surface area contributed by atoms with Gasteiger partial charge in [-0.2, -0.15) is 0 Å². The van der Waals surface area contributed by atoms with Crippen LogP contribution in [0, 0.1) is 0 Å². The molecule has 0 saturated heterocycles. The van der Waals surface area contributed by atoms with Crippen molar-refractivity contribution in [1.29, 1.82) is 0 Å². The van der Waals surface area contributed by atoms with Crippen molar-refractivity contribution in [2.75, 3.05) is 6.61 Å². The fourth-order valence-electron chi connectivity index (χ4n) is 1.52. The number of rotatable bonds is 8. The average molecular weight is 254 g/mol. The van der Waals surface area contributed by atoms with Gasteiger partial charge in [-0.3, -0.25) is 4.79 Å². The molecule has 0 aliphatic carbocycles. The Bertz CT molecular complexity index is 319. The maximum absolute atomic E-state index is 11.5. The molecule has 0 amide bonds.